The first kappa shape index (κ1) is 20.5. The minimum atomic E-state index is -3.60. The molecule has 2 aromatic carbocycles. The number of rotatable bonds is 6. The number of anilines is 3. The predicted molar refractivity (Wildman–Crippen MR) is 115 cm³/mol. The molecule has 150 valence electrons. The summed E-state index contributed by atoms with van der Waals surface area (Å²) < 4.78 is 25.6. The molecule has 0 radical (unpaired) electrons. The number of carbonyl (C=O) groups is 2. The highest BCUT2D eigenvalue weighted by molar-refractivity contribution is 7.92. The second-order valence-corrected chi connectivity index (χ2v) is 8.83. The molecule has 3 aromatic rings. The van der Waals surface area contributed by atoms with Crippen molar-refractivity contribution in [2.45, 2.75) is 6.92 Å². The Kier molecular flexibility index (Phi) is 5.95. The third-order valence-corrected chi connectivity index (χ3v) is 5.11. The van der Waals surface area contributed by atoms with Crippen LogP contribution in [-0.4, -0.2) is 31.5 Å². The molecule has 0 aliphatic carbocycles. The molecule has 0 fully saturated rings. The van der Waals surface area contributed by atoms with Crippen molar-refractivity contribution in [1.82, 2.24) is 4.98 Å². The van der Waals surface area contributed by atoms with Gasteiger partial charge in [-0.05, 0) is 42.5 Å². The zero-order valence-electron chi connectivity index (χ0n) is 15.6. The molecule has 2 amide bonds. The summed E-state index contributed by atoms with van der Waals surface area (Å²) in [5.41, 5.74) is 2.01. The highest BCUT2D eigenvalue weighted by Crippen LogP contribution is 2.25. The quantitative estimate of drug-likeness (QED) is 0.554. The van der Waals surface area contributed by atoms with Gasteiger partial charge in [0.05, 0.1) is 17.5 Å². The summed E-state index contributed by atoms with van der Waals surface area (Å²) in [5, 5.41) is 8.05. The Hall–Kier alpha value is -3.24. The lowest BCUT2D eigenvalue weighted by atomic mass is 10.1. The zero-order chi connectivity index (χ0) is 21.0. The third-order valence-electron chi connectivity index (χ3n) is 3.70. The molecule has 0 unspecified atom stereocenters. The molecule has 0 atom stereocenters. The van der Waals surface area contributed by atoms with Gasteiger partial charge >= 0.3 is 0 Å². The van der Waals surface area contributed by atoms with Crippen LogP contribution in [0.3, 0.4) is 0 Å². The van der Waals surface area contributed by atoms with Gasteiger partial charge in [-0.2, -0.15) is 0 Å². The SMILES string of the molecule is CC(=O)Nc1ccc(NS(C)(=O)=O)c(C(=O)Nc2ccc(-c3nccs3)cc2)c1. The van der Waals surface area contributed by atoms with Crippen LogP contribution in [0.2, 0.25) is 0 Å². The Morgan fingerprint density at radius 3 is 2.28 bits per heavy atom. The molecule has 0 aliphatic heterocycles. The molecule has 3 N–H and O–H groups in total. The van der Waals surface area contributed by atoms with E-state index in [0.29, 0.717) is 11.4 Å². The second kappa shape index (κ2) is 8.41. The molecular formula is C19H18N4O4S2. The van der Waals surface area contributed by atoms with Crippen molar-refractivity contribution in [2.75, 3.05) is 21.6 Å². The first-order chi connectivity index (χ1) is 13.7. The van der Waals surface area contributed by atoms with Crippen LogP contribution in [0.5, 0.6) is 0 Å². The summed E-state index contributed by atoms with van der Waals surface area (Å²) in [7, 11) is -3.60. The fraction of sp³-hybridized carbons (Fsp3) is 0.105. The van der Waals surface area contributed by atoms with E-state index in [2.05, 4.69) is 20.3 Å². The number of benzene rings is 2. The number of hydrogen-bond donors (Lipinski definition) is 3. The van der Waals surface area contributed by atoms with E-state index in [-0.39, 0.29) is 17.2 Å². The van der Waals surface area contributed by atoms with Gasteiger partial charge in [-0.1, -0.05) is 0 Å². The molecule has 3 rings (SSSR count). The summed E-state index contributed by atoms with van der Waals surface area (Å²) >= 11 is 1.51. The van der Waals surface area contributed by atoms with Gasteiger partial charge in [0.1, 0.15) is 5.01 Å². The van der Waals surface area contributed by atoms with Crippen molar-refractivity contribution in [3.63, 3.8) is 0 Å². The average Bonchev–Trinajstić information content (AvgIpc) is 3.16. The van der Waals surface area contributed by atoms with Crippen molar-refractivity contribution in [3.05, 3.63) is 59.6 Å². The standard InChI is InChI=1S/C19H18N4O4S2/c1-12(24)21-15-7-8-17(23-29(2,26)27)16(11-15)18(25)22-14-5-3-13(4-6-14)19-20-9-10-28-19/h3-11,23H,1-2H3,(H,21,24)(H,22,25). The van der Waals surface area contributed by atoms with Crippen LogP contribution in [0.1, 0.15) is 17.3 Å². The number of hydrogen-bond acceptors (Lipinski definition) is 6. The first-order valence-electron chi connectivity index (χ1n) is 8.42. The largest absolute Gasteiger partial charge is 0.326 e. The molecule has 0 spiro atoms. The molecule has 0 saturated heterocycles. The number of aromatic nitrogens is 1. The monoisotopic (exact) mass is 430 g/mol. The maximum absolute atomic E-state index is 12.8. The molecule has 0 aliphatic rings. The summed E-state index contributed by atoms with van der Waals surface area (Å²) in [5.74, 6) is -0.830. The Bertz CT molecular complexity index is 1140. The number of thiazole rings is 1. The van der Waals surface area contributed by atoms with Gasteiger partial charge in [-0.3, -0.25) is 14.3 Å². The zero-order valence-corrected chi connectivity index (χ0v) is 17.2. The Balaban J connectivity index is 1.86. The maximum atomic E-state index is 12.8. The summed E-state index contributed by atoms with van der Waals surface area (Å²) in [6, 6.07) is 11.5. The van der Waals surface area contributed by atoms with E-state index in [1.54, 1.807) is 18.3 Å². The van der Waals surface area contributed by atoms with E-state index in [1.807, 2.05) is 17.5 Å². The van der Waals surface area contributed by atoms with Crippen LogP contribution in [0, 0.1) is 0 Å². The molecule has 29 heavy (non-hydrogen) atoms. The van der Waals surface area contributed by atoms with Crippen LogP contribution < -0.4 is 15.4 Å². The molecule has 8 nitrogen and oxygen atoms in total. The number of sulfonamides is 1. The number of amides is 2. The lowest BCUT2D eigenvalue weighted by Gasteiger charge is -2.13. The van der Waals surface area contributed by atoms with E-state index < -0.39 is 15.9 Å². The van der Waals surface area contributed by atoms with Crippen LogP contribution in [-0.2, 0) is 14.8 Å². The van der Waals surface area contributed by atoms with Gasteiger partial charge in [0.15, 0.2) is 0 Å². The van der Waals surface area contributed by atoms with Gasteiger partial charge in [0.2, 0.25) is 15.9 Å². The minimum absolute atomic E-state index is 0.0747. The average molecular weight is 431 g/mol. The lowest BCUT2D eigenvalue weighted by Crippen LogP contribution is -2.18. The fourth-order valence-corrected chi connectivity index (χ4v) is 3.78. The normalized spacial score (nSPS) is 11.0. The van der Waals surface area contributed by atoms with Gasteiger partial charge in [-0.15, -0.1) is 11.3 Å². The minimum Gasteiger partial charge on any atom is -0.326 e. The highest BCUT2D eigenvalue weighted by atomic mass is 32.2. The number of nitrogens with zero attached hydrogens (tertiary/aromatic N) is 1. The van der Waals surface area contributed by atoms with Crippen molar-refractivity contribution in [3.8, 4) is 10.6 Å². The number of carbonyl (C=O) groups excluding carboxylic acids is 2. The van der Waals surface area contributed by atoms with Gasteiger partial charge < -0.3 is 10.6 Å². The van der Waals surface area contributed by atoms with Gasteiger partial charge in [0.25, 0.3) is 5.91 Å². The highest BCUT2D eigenvalue weighted by Gasteiger charge is 2.16. The van der Waals surface area contributed by atoms with Gasteiger partial charge in [0, 0.05) is 35.4 Å². The number of nitrogens with one attached hydrogen (secondary N) is 3. The van der Waals surface area contributed by atoms with E-state index in [0.717, 1.165) is 16.8 Å². The van der Waals surface area contributed by atoms with E-state index in [4.69, 9.17) is 0 Å². The van der Waals surface area contributed by atoms with Crippen molar-refractivity contribution in [2.24, 2.45) is 0 Å². The lowest BCUT2D eigenvalue weighted by molar-refractivity contribution is -0.114. The van der Waals surface area contributed by atoms with Crippen LogP contribution in [0.25, 0.3) is 10.6 Å². The van der Waals surface area contributed by atoms with Crippen molar-refractivity contribution < 1.29 is 18.0 Å². The molecule has 1 heterocycles. The van der Waals surface area contributed by atoms with Crippen molar-refractivity contribution >= 4 is 50.2 Å². The summed E-state index contributed by atoms with van der Waals surface area (Å²) in [6.07, 6.45) is 2.71. The maximum Gasteiger partial charge on any atom is 0.257 e. The Labute approximate surface area is 172 Å². The Morgan fingerprint density at radius 1 is 1.00 bits per heavy atom. The topological polar surface area (TPSA) is 117 Å². The van der Waals surface area contributed by atoms with Gasteiger partial charge in [-0.25, -0.2) is 13.4 Å². The molecule has 1 aromatic heterocycles. The first-order valence-corrected chi connectivity index (χ1v) is 11.2. The van der Waals surface area contributed by atoms with Crippen LogP contribution >= 0.6 is 11.3 Å². The van der Waals surface area contributed by atoms with E-state index >= 15 is 0 Å². The van der Waals surface area contributed by atoms with E-state index in [1.165, 1.54) is 36.5 Å². The smallest absolute Gasteiger partial charge is 0.257 e. The van der Waals surface area contributed by atoms with Crippen LogP contribution in [0.15, 0.2) is 54.0 Å². The molecular weight excluding hydrogens is 412 g/mol. The van der Waals surface area contributed by atoms with E-state index in [9.17, 15) is 18.0 Å². The van der Waals surface area contributed by atoms with Crippen LogP contribution in [0.4, 0.5) is 17.1 Å². The second-order valence-electron chi connectivity index (χ2n) is 6.18. The van der Waals surface area contributed by atoms with Crippen molar-refractivity contribution in [1.29, 1.82) is 0 Å². The summed E-state index contributed by atoms with van der Waals surface area (Å²) in [4.78, 5) is 28.3. The Morgan fingerprint density at radius 2 is 1.69 bits per heavy atom. The molecule has 0 saturated carbocycles. The fourth-order valence-electron chi connectivity index (χ4n) is 2.56. The third kappa shape index (κ3) is 5.62. The molecule has 10 heteroatoms. The predicted octanol–water partition coefficient (Wildman–Crippen LogP) is 3.39. The summed E-state index contributed by atoms with van der Waals surface area (Å²) in [6.45, 7) is 1.34. The molecule has 0 bridgehead atoms.